The van der Waals surface area contributed by atoms with E-state index in [1.165, 1.54) is 44.1 Å². The summed E-state index contributed by atoms with van der Waals surface area (Å²) >= 11 is 0. The maximum atomic E-state index is 5.84. The summed E-state index contributed by atoms with van der Waals surface area (Å²) in [5, 5.41) is 3.53. The third-order valence-electron chi connectivity index (χ3n) is 4.22. The van der Waals surface area contributed by atoms with Gasteiger partial charge in [-0.15, -0.1) is 0 Å². The third-order valence-corrected chi connectivity index (χ3v) is 4.22. The standard InChI is InChI=1S/C21H37NO2/c1-5-6-7-8-9-10-14-22-17-19-11-12-20(21(16-19)23-4)24-15-13-18(2)3/h11-12,16,18,22H,5-10,13-15,17H2,1-4H3. The molecule has 3 heteroatoms. The van der Waals surface area contributed by atoms with Crippen molar-refractivity contribution in [2.24, 2.45) is 5.92 Å². The summed E-state index contributed by atoms with van der Waals surface area (Å²) in [6.07, 6.45) is 9.09. The summed E-state index contributed by atoms with van der Waals surface area (Å²) in [5.41, 5.74) is 1.24. The Morgan fingerprint density at radius 3 is 2.46 bits per heavy atom. The van der Waals surface area contributed by atoms with Crippen LogP contribution in [0.15, 0.2) is 18.2 Å². The van der Waals surface area contributed by atoms with Crippen LogP contribution in [-0.4, -0.2) is 20.3 Å². The lowest BCUT2D eigenvalue weighted by molar-refractivity contribution is 0.273. The number of rotatable bonds is 14. The van der Waals surface area contributed by atoms with E-state index in [1.807, 2.05) is 6.07 Å². The molecule has 0 bridgehead atoms. The smallest absolute Gasteiger partial charge is 0.161 e. The molecule has 0 amide bonds. The molecule has 1 aromatic rings. The number of hydrogen-bond acceptors (Lipinski definition) is 3. The maximum absolute atomic E-state index is 5.84. The van der Waals surface area contributed by atoms with Crippen LogP contribution in [0.4, 0.5) is 0 Å². The number of hydrogen-bond donors (Lipinski definition) is 1. The highest BCUT2D eigenvalue weighted by molar-refractivity contribution is 5.42. The molecule has 0 saturated carbocycles. The second kappa shape index (κ2) is 13.1. The summed E-state index contributed by atoms with van der Waals surface area (Å²) in [5.74, 6) is 2.33. The Morgan fingerprint density at radius 2 is 1.75 bits per heavy atom. The molecule has 0 atom stereocenters. The van der Waals surface area contributed by atoms with Crippen molar-refractivity contribution in [2.45, 2.75) is 72.3 Å². The van der Waals surface area contributed by atoms with E-state index in [2.05, 4.69) is 38.2 Å². The minimum absolute atomic E-state index is 0.654. The molecule has 1 rings (SSSR count). The molecule has 0 unspecified atom stereocenters. The van der Waals surface area contributed by atoms with Gasteiger partial charge in [0, 0.05) is 6.54 Å². The highest BCUT2D eigenvalue weighted by atomic mass is 16.5. The molecule has 0 saturated heterocycles. The van der Waals surface area contributed by atoms with E-state index in [-0.39, 0.29) is 0 Å². The zero-order valence-electron chi connectivity index (χ0n) is 16.2. The minimum atomic E-state index is 0.654. The van der Waals surface area contributed by atoms with Crippen molar-refractivity contribution < 1.29 is 9.47 Å². The van der Waals surface area contributed by atoms with Gasteiger partial charge in [0.05, 0.1) is 13.7 Å². The van der Waals surface area contributed by atoms with Crippen LogP contribution in [0.2, 0.25) is 0 Å². The molecule has 0 fully saturated rings. The summed E-state index contributed by atoms with van der Waals surface area (Å²) < 4.78 is 11.3. The molecule has 0 aliphatic rings. The first-order valence-electron chi connectivity index (χ1n) is 9.67. The summed E-state index contributed by atoms with van der Waals surface area (Å²) in [6.45, 7) is 9.39. The Balaban J connectivity index is 2.28. The number of benzene rings is 1. The Hall–Kier alpha value is -1.22. The molecule has 0 radical (unpaired) electrons. The highest BCUT2D eigenvalue weighted by Crippen LogP contribution is 2.28. The average molecular weight is 336 g/mol. The number of methoxy groups -OCH3 is 1. The van der Waals surface area contributed by atoms with Gasteiger partial charge in [0.15, 0.2) is 11.5 Å². The predicted molar refractivity (Wildman–Crippen MR) is 103 cm³/mol. The Bertz CT molecular complexity index is 432. The lowest BCUT2D eigenvalue weighted by Crippen LogP contribution is -2.14. The van der Waals surface area contributed by atoms with Crippen LogP contribution in [0.1, 0.15) is 71.3 Å². The van der Waals surface area contributed by atoms with Gasteiger partial charge in [-0.05, 0) is 43.0 Å². The molecule has 0 aliphatic heterocycles. The van der Waals surface area contributed by atoms with Gasteiger partial charge < -0.3 is 14.8 Å². The van der Waals surface area contributed by atoms with Crippen molar-refractivity contribution in [3.63, 3.8) is 0 Å². The summed E-state index contributed by atoms with van der Waals surface area (Å²) in [6, 6.07) is 6.24. The molecular formula is C21H37NO2. The largest absolute Gasteiger partial charge is 0.493 e. The van der Waals surface area contributed by atoms with Gasteiger partial charge in [-0.3, -0.25) is 0 Å². The third kappa shape index (κ3) is 9.17. The molecular weight excluding hydrogens is 298 g/mol. The van der Waals surface area contributed by atoms with Gasteiger partial charge in [-0.1, -0.05) is 58.9 Å². The topological polar surface area (TPSA) is 30.5 Å². The van der Waals surface area contributed by atoms with E-state index < -0.39 is 0 Å². The quantitative estimate of drug-likeness (QED) is 0.451. The van der Waals surface area contributed by atoms with Gasteiger partial charge >= 0.3 is 0 Å². The van der Waals surface area contributed by atoms with E-state index >= 15 is 0 Å². The molecule has 24 heavy (non-hydrogen) atoms. The van der Waals surface area contributed by atoms with E-state index in [0.29, 0.717) is 5.92 Å². The normalized spacial score (nSPS) is 11.0. The average Bonchev–Trinajstić information content (AvgIpc) is 2.57. The first-order chi connectivity index (χ1) is 11.7. The molecule has 0 spiro atoms. The Labute approximate surface area is 149 Å². The van der Waals surface area contributed by atoms with Crippen molar-refractivity contribution in [3.05, 3.63) is 23.8 Å². The molecule has 138 valence electrons. The van der Waals surface area contributed by atoms with Crippen molar-refractivity contribution in [1.82, 2.24) is 5.32 Å². The van der Waals surface area contributed by atoms with Crippen molar-refractivity contribution in [2.75, 3.05) is 20.3 Å². The van der Waals surface area contributed by atoms with Gasteiger partial charge in [0.2, 0.25) is 0 Å². The number of unbranched alkanes of at least 4 members (excludes halogenated alkanes) is 5. The van der Waals surface area contributed by atoms with Crippen LogP contribution < -0.4 is 14.8 Å². The molecule has 1 N–H and O–H groups in total. The molecule has 0 aromatic heterocycles. The zero-order chi connectivity index (χ0) is 17.6. The van der Waals surface area contributed by atoms with Crippen LogP contribution in [0.3, 0.4) is 0 Å². The fourth-order valence-electron chi connectivity index (χ4n) is 2.61. The number of nitrogens with one attached hydrogen (secondary N) is 1. The predicted octanol–water partition coefficient (Wildman–Crippen LogP) is 5.57. The SMILES string of the molecule is CCCCCCCCNCc1ccc(OCCC(C)C)c(OC)c1. The zero-order valence-corrected chi connectivity index (χ0v) is 16.2. The Kier molecular flexibility index (Phi) is 11.4. The number of ether oxygens (including phenoxy) is 2. The fourth-order valence-corrected chi connectivity index (χ4v) is 2.61. The minimum Gasteiger partial charge on any atom is -0.493 e. The highest BCUT2D eigenvalue weighted by Gasteiger charge is 2.06. The van der Waals surface area contributed by atoms with Crippen LogP contribution in [0.25, 0.3) is 0 Å². The van der Waals surface area contributed by atoms with Crippen molar-refractivity contribution >= 4 is 0 Å². The van der Waals surface area contributed by atoms with Gasteiger partial charge in [-0.2, -0.15) is 0 Å². The molecule has 1 aromatic carbocycles. The second-order valence-corrected chi connectivity index (χ2v) is 6.96. The van der Waals surface area contributed by atoms with Crippen LogP contribution in [0.5, 0.6) is 11.5 Å². The first kappa shape index (κ1) is 20.8. The van der Waals surface area contributed by atoms with Gasteiger partial charge in [-0.25, -0.2) is 0 Å². The van der Waals surface area contributed by atoms with E-state index in [1.54, 1.807) is 7.11 Å². The summed E-state index contributed by atoms with van der Waals surface area (Å²) in [4.78, 5) is 0. The van der Waals surface area contributed by atoms with Crippen molar-refractivity contribution in [1.29, 1.82) is 0 Å². The Morgan fingerprint density at radius 1 is 1.00 bits per heavy atom. The second-order valence-electron chi connectivity index (χ2n) is 6.96. The van der Waals surface area contributed by atoms with Crippen LogP contribution in [0, 0.1) is 5.92 Å². The summed E-state index contributed by atoms with van der Waals surface area (Å²) in [7, 11) is 1.71. The van der Waals surface area contributed by atoms with Crippen LogP contribution in [-0.2, 0) is 6.54 Å². The van der Waals surface area contributed by atoms with Crippen LogP contribution >= 0.6 is 0 Å². The lowest BCUT2D eigenvalue weighted by Gasteiger charge is -2.13. The van der Waals surface area contributed by atoms with Gasteiger partial charge in [0.25, 0.3) is 0 Å². The van der Waals surface area contributed by atoms with E-state index in [9.17, 15) is 0 Å². The fraction of sp³-hybridized carbons (Fsp3) is 0.714. The van der Waals surface area contributed by atoms with Gasteiger partial charge in [0.1, 0.15) is 0 Å². The molecule has 3 nitrogen and oxygen atoms in total. The first-order valence-corrected chi connectivity index (χ1v) is 9.67. The van der Waals surface area contributed by atoms with Crippen molar-refractivity contribution in [3.8, 4) is 11.5 Å². The molecule has 0 aliphatic carbocycles. The lowest BCUT2D eigenvalue weighted by atomic mass is 10.1. The van der Waals surface area contributed by atoms with E-state index in [0.717, 1.165) is 37.6 Å². The molecule has 0 heterocycles. The van der Waals surface area contributed by atoms with E-state index in [4.69, 9.17) is 9.47 Å². The monoisotopic (exact) mass is 335 g/mol. The maximum Gasteiger partial charge on any atom is 0.161 e.